The predicted octanol–water partition coefficient (Wildman–Crippen LogP) is 5.69. The first-order valence-electron chi connectivity index (χ1n) is 11.1. The van der Waals surface area contributed by atoms with Crippen LogP contribution in [0.15, 0.2) is 30.3 Å². The molecule has 4 nitrogen and oxygen atoms in total. The molecule has 0 saturated carbocycles. The highest BCUT2D eigenvalue weighted by molar-refractivity contribution is 5.22. The highest BCUT2D eigenvalue weighted by Gasteiger charge is 2.45. The van der Waals surface area contributed by atoms with Gasteiger partial charge in [0.05, 0.1) is 19.3 Å². The molecule has 160 valence electrons. The molecule has 0 aliphatic carbocycles. The summed E-state index contributed by atoms with van der Waals surface area (Å²) in [6, 6.07) is 10.3. The van der Waals surface area contributed by atoms with Crippen molar-refractivity contribution < 1.29 is 18.9 Å². The van der Waals surface area contributed by atoms with Gasteiger partial charge in [0, 0.05) is 25.7 Å². The molecule has 0 bridgehead atoms. The zero-order valence-electron chi connectivity index (χ0n) is 18.3. The number of epoxide rings is 1. The largest absolute Gasteiger partial charge is 0.375 e. The molecule has 2 rings (SSSR count). The molecule has 4 heteroatoms. The molecule has 1 fully saturated rings. The molecule has 3 unspecified atom stereocenters. The van der Waals surface area contributed by atoms with Crippen LogP contribution in [0.2, 0.25) is 0 Å². The Morgan fingerprint density at radius 3 is 2.21 bits per heavy atom. The maximum atomic E-state index is 6.43. The molecule has 1 saturated heterocycles. The van der Waals surface area contributed by atoms with Crippen molar-refractivity contribution in [2.45, 2.75) is 83.2 Å². The van der Waals surface area contributed by atoms with Gasteiger partial charge in [0.25, 0.3) is 0 Å². The molecular formula is C24H40O4. The zero-order chi connectivity index (χ0) is 20.2. The first kappa shape index (κ1) is 23.3. The molecule has 1 aliphatic heterocycles. The van der Waals surface area contributed by atoms with Crippen molar-refractivity contribution in [3.8, 4) is 0 Å². The molecule has 1 aromatic carbocycles. The summed E-state index contributed by atoms with van der Waals surface area (Å²) in [6.45, 7) is 5.96. The van der Waals surface area contributed by atoms with E-state index < -0.39 is 5.79 Å². The molecule has 0 amide bonds. The van der Waals surface area contributed by atoms with Gasteiger partial charge in [0.2, 0.25) is 0 Å². The van der Waals surface area contributed by atoms with E-state index in [4.69, 9.17) is 18.9 Å². The summed E-state index contributed by atoms with van der Waals surface area (Å²) in [5.41, 5.74) is 1.06. The Bertz CT molecular complexity index is 511. The highest BCUT2D eigenvalue weighted by Crippen LogP contribution is 2.41. The normalized spacial score (nSPS) is 18.8. The van der Waals surface area contributed by atoms with E-state index in [0.29, 0.717) is 6.61 Å². The number of ether oxygens (including phenoxy) is 4. The SMILES string of the molecule is CCCCCCCC(OCC1CO1)C(CCC)C(OC)(OC)c1ccccc1. The van der Waals surface area contributed by atoms with Crippen molar-refractivity contribution in [3.05, 3.63) is 35.9 Å². The van der Waals surface area contributed by atoms with Gasteiger partial charge in [-0.1, -0.05) is 82.7 Å². The molecule has 0 spiro atoms. The molecule has 1 aliphatic rings. The minimum Gasteiger partial charge on any atom is -0.375 e. The Morgan fingerprint density at radius 2 is 1.64 bits per heavy atom. The van der Waals surface area contributed by atoms with Crippen LogP contribution >= 0.6 is 0 Å². The van der Waals surface area contributed by atoms with Crippen LogP contribution in [-0.4, -0.2) is 39.6 Å². The van der Waals surface area contributed by atoms with Crippen molar-refractivity contribution in [1.82, 2.24) is 0 Å². The third-order valence-electron chi connectivity index (χ3n) is 5.81. The summed E-state index contributed by atoms with van der Waals surface area (Å²) in [5, 5.41) is 0. The number of unbranched alkanes of at least 4 members (excludes halogenated alkanes) is 4. The summed E-state index contributed by atoms with van der Waals surface area (Å²) < 4.78 is 24.0. The van der Waals surface area contributed by atoms with Crippen molar-refractivity contribution >= 4 is 0 Å². The monoisotopic (exact) mass is 392 g/mol. The molecule has 0 aromatic heterocycles. The van der Waals surface area contributed by atoms with Crippen molar-refractivity contribution in [2.75, 3.05) is 27.4 Å². The topological polar surface area (TPSA) is 40.2 Å². The Hall–Kier alpha value is -0.940. The third-order valence-corrected chi connectivity index (χ3v) is 5.81. The predicted molar refractivity (Wildman–Crippen MR) is 113 cm³/mol. The van der Waals surface area contributed by atoms with Gasteiger partial charge in [0.1, 0.15) is 6.10 Å². The lowest BCUT2D eigenvalue weighted by Gasteiger charge is -2.42. The molecule has 1 heterocycles. The van der Waals surface area contributed by atoms with E-state index in [1.807, 2.05) is 18.2 Å². The Balaban J connectivity index is 2.20. The molecule has 1 aromatic rings. The van der Waals surface area contributed by atoms with Gasteiger partial charge in [-0.25, -0.2) is 0 Å². The zero-order valence-corrected chi connectivity index (χ0v) is 18.3. The number of benzene rings is 1. The van der Waals surface area contributed by atoms with E-state index in [2.05, 4.69) is 26.0 Å². The lowest BCUT2D eigenvalue weighted by molar-refractivity contribution is -0.272. The fourth-order valence-electron chi connectivity index (χ4n) is 4.18. The molecule has 28 heavy (non-hydrogen) atoms. The molecule has 3 atom stereocenters. The minimum absolute atomic E-state index is 0.0888. The number of hydrogen-bond donors (Lipinski definition) is 0. The van der Waals surface area contributed by atoms with Crippen LogP contribution in [0.25, 0.3) is 0 Å². The van der Waals surface area contributed by atoms with Crippen molar-refractivity contribution in [3.63, 3.8) is 0 Å². The van der Waals surface area contributed by atoms with E-state index in [1.54, 1.807) is 14.2 Å². The van der Waals surface area contributed by atoms with E-state index >= 15 is 0 Å². The third kappa shape index (κ3) is 6.55. The lowest BCUT2D eigenvalue weighted by Crippen LogP contribution is -2.46. The van der Waals surface area contributed by atoms with Crippen LogP contribution in [0.3, 0.4) is 0 Å². The summed E-state index contributed by atoms with van der Waals surface area (Å²) in [6.07, 6.45) is 9.73. The second kappa shape index (κ2) is 12.6. The van der Waals surface area contributed by atoms with E-state index in [9.17, 15) is 0 Å². The first-order valence-corrected chi connectivity index (χ1v) is 11.1. The minimum atomic E-state index is -0.796. The van der Waals surface area contributed by atoms with E-state index in [1.165, 1.54) is 32.1 Å². The van der Waals surface area contributed by atoms with Gasteiger partial charge in [-0.05, 0) is 12.8 Å². The average molecular weight is 393 g/mol. The Labute approximate surface area is 171 Å². The van der Waals surface area contributed by atoms with E-state index in [0.717, 1.165) is 31.4 Å². The molecule has 0 radical (unpaired) electrons. The second-order valence-electron chi connectivity index (χ2n) is 7.87. The summed E-state index contributed by atoms with van der Waals surface area (Å²) >= 11 is 0. The van der Waals surface area contributed by atoms with Gasteiger partial charge < -0.3 is 18.9 Å². The number of methoxy groups -OCH3 is 2. The average Bonchev–Trinajstić information content (AvgIpc) is 3.56. The van der Waals surface area contributed by atoms with Crippen molar-refractivity contribution in [1.29, 1.82) is 0 Å². The smallest absolute Gasteiger partial charge is 0.199 e. The van der Waals surface area contributed by atoms with Crippen LogP contribution in [0.4, 0.5) is 0 Å². The standard InChI is InChI=1S/C24H40O4/c1-5-7-8-9-13-17-23(28-19-21-18-27-21)22(14-6-2)24(25-3,26-4)20-15-11-10-12-16-20/h10-12,15-16,21-23H,5-9,13-14,17-19H2,1-4H3. The highest BCUT2D eigenvalue weighted by atomic mass is 16.7. The van der Waals surface area contributed by atoms with Crippen LogP contribution in [0.5, 0.6) is 0 Å². The van der Waals surface area contributed by atoms with Gasteiger partial charge in [-0.15, -0.1) is 0 Å². The van der Waals surface area contributed by atoms with Crippen LogP contribution in [0, 0.1) is 5.92 Å². The Kier molecular flexibility index (Phi) is 10.5. The summed E-state index contributed by atoms with van der Waals surface area (Å²) in [7, 11) is 3.50. The van der Waals surface area contributed by atoms with Crippen LogP contribution in [0.1, 0.15) is 70.8 Å². The van der Waals surface area contributed by atoms with Crippen LogP contribution in [-0.2, 0) is 24.7 Å². The molecule has 0 N–H and O–H groups in total. The van der Waals surface area contributed by atoms with Gasteiger partial charge >= 0.3 is 0 Å². The molecular weight excluding hydrogens is 352 g/mol. The first-order chi connectivity index (χ1) is 13.7. The van der Waals surface area contributed by atoms with Gasteiger partial charge in [-0.3, -0.25) is 0 Å². The van der Waals surface area contributed by atoms with Gasteiger partial charge in [0.15, 0.2) is 5.79 Å². The summed E-state index contributed by atoms with van der Waals surface area (Å²) in [4.78, 5) is 0. The van der Waals surface area contributed by atoms with Crippen molar-refractivity contribution in [2.24, 2.45) is 5.92 Å². The van der Waals surface area contributed by atoms with E-state index in [-0.39, 0.29) is 18.1 Å². The second-order valence-corrected chi connectivity index (χ2v) is 7.87. The number of hydrogen-bond acceptors (Lipinski definition) is 4. The fourth-order valence-corrected chi connectivity index (χ4v) is 4.18. The fraction of sp³-hybridized carbons (Fsp3) is 0.750. The Morgan fingerprint density at radius 1 is 0.964 bits per heavy atom. The number of rotatable bonds is 16. The maximum Gasteiger partial charge on any atom is 0.199 e. The maximum absolute atomic E-state index is 6.43. The van der Waals surface area contributed by atoms with Gasteiger partial charge in [-0.2, -0.15) is 0 Å². The lowest BCUT2D eigenvalue weighted by atomic mass is 9.81. The quantitative estimate of drug-likeness (QED) is 0.206. The van der Waals surface area contributed by atoms with Crippen LogP contribution < -0.4 is 0 Å². The summed E-state index contributed by atoms with van der Waals surface area (Å²) in [5.74, 6) is -0.671.